The summed E-state index contributed by atoms with van der Waals surface area (Å²) < 4.78 is 136. The number of alkyl halides is 11. The first-order valence-corrected chi connectivity index (χ1v) is 4.42. The van der Waals surface area contributed by atoms with Crippen LogP contribution >= 0.6 is 0 Å². The first-order valence-electron chi connectivity index (χ1n) is 4.42. The first kappa shape index (κ1) is 19.4. The summed E-state index contributed by atoms with van der Waals surface area (Å²) in [5.41, 5.74) is 0. The van der Waals surface area contributed by atoms with Gasteiger partial charge in [0.1, 0.15) is 0 Å². The van der Waals surface area contributed by atoms with Crippen LogP contribution in [0, 0.1) is 0 Å². The highest BCUT2D eigenvalue weighted by molar-refractivity contribution is 5.79. The van der Waals surface area contributed by atoms with Crippen molar-refractivity contribution in [3.8, 4) is 0 Å². The van der Waals surface area contributed by atoms with Crippen LogP contribution in [0.4, 0.5) is 48.3 Å². The number of aliphatic carboxylic acids is 1. The summed E-state index contributed by atoms with van der Waals surface area (Å²) in [6, 6.07) is 0. The minimum atomic E-state index is -7.54. The van der Waals surface area contributed by atoms with Gasteiger partial charge in [-0.15, -0.1) is 0 Å². The highest BCUT2D eigenvalue weighted by atomic mass is 19.4. The van der Waals surface area contributed by atoms with Crippen molar-refractivity contribution in [3.63, 3.8) is 0 Å². The highest BCUT2D eigenvalue weighted by Crippen LogP contribution is 2.57. The van der Waals surface area contributed by atoms with Gasteiger partial charge in [-0.25, -0.2) is 4.79 Å². The highest BCUT2D eigenvalue weighted by Gasteiger charge is 2.86. The fourth-order valence-corrected chi connectivity index (χ4v) is 0.865. The quantitative estimate of drug-likeness (QED) is 0.612. The Morgan fingerprint density at radius 3 is 1.38 bits per heavy atom. The normalized spacial score (nSPS) is 15.6. The van der Waals surface area contributed by atoms with E-state index in [4.69, 9.17) is 5.11 Å². The van der Waals surface area contributed by atoms with E-state index in [9.17, 15) is 53.1 Å². The van der Waals surface area contributed by atoms with Crippen molar-refractivity contribution in [2.24, 2.45) is 0 Å². The van der Waals surface area contributed by atoms with Gasteiger partial charge in [-0.05, 0) is 6.08 Å². The zero-order valence-electron chi connectivity index (χ0n) is 9.17. The van der Waals surface area contributed by atoms with Crippen molar-refractivity contribution in [2.45, 2.75) is 29.9 Å². The lowest BCUT2D eigenvalue weighted by molar-refractivity contribution is -0.416. The minimum Gasteiger partial charge on any atom is -0.478 e. The number of rotatable bonds is 5. The summed E-state index contributed by atoms with van der Waals surface area (Å²) in [6.07, 6.45) is -9.47. The monoisotopic (exact) mass is 340 g/mol. The Morgan fingerprint density at radius 1 is 0.714 bits per heavy atom. The van der Waals surface area contributed by atoms with Crippen molar-refractivity contribution in [2.75, 3.05) is 0 Å². The minimum absolute atomic E-state index is 0.810. The molecule has 0 saturated heterocycles. The number of carbonyl (C=O) groups is 1. The molecule has 0 aliphatic carbocycles. The Balaban J connectivity index is 5.94. The van der Waals surface area contributed by atoms with Gasteiger partial charge < -0.3 is 5.11 Å². The molecule has 0 heterocycles. The average molecular weight is 340 g/mol. The SMILES string of the molecule is O=C(O)/C=C/C(F)(F)C(F)(F)C(F)(F)C(F)(F)C(F)(F)F. The summed E-state index contributed by atoms with van der Waals surface area (Å²) in [6.45, 7) is 0. The van der Waals surface area contributed by atoms with E-state index >= 15 is 0 Å². The van der Waals surface area contributed by atoms with Crippen molar-refractivity contribution in [1.29, 1.82) is 0 Å². The maximum atomic E-state index is 12.7. The third-order valence-electron chi connectivity index (χ3n) is 2.00. The van der Waals surface area contributed by atoms with Crippen LogP contribution in [0.25, 0.3) is 0 Å². The Labute approximate surface area is 107 Å². The predicted octanol–water partition coefficient (Wildman–Crippen LogP) is 3.73. The van der Waals surface area contributed by atoms with Crippen molar-refractivity contribution < 1.29 is 58.2 Å². The second kappa shape index (κ2) is 5.02. The van der Waals surface area contributed by atoms with Crippen LogP contribution in [0.5, 0.6) is 0 Å². The molecule has 0 aliphatic rings. The number of carboxylic acid groups (broad SMARTS) is 1. The van der Waals surface area contributed by atoms with Gasteiger partial charge in [-0.2, -0.15) is 48.3 Å². The van der Waals surface area contributed by atoms with Crippen molar-refractivity contribution in [1.82, 2.24) is 0 Å². The van der Waals surface area contributed by atoms with E-state index in [1.54, 1.807) is 0 Å². The van der Waals surface area contributed by atoms with Crippen molar-refractivity contribution >= 4 is 5.97 Å². The van der Waals surface area contributed by atoms with E-state index in [2.05, 4.69) is 0 Å². The van der Waals surface area contributed by atoms with Crippen LogP contribution in [0.3, 0.4) is 0 Å². The van der Waals surface area contributed by atoms with E-state index in [1.807, 2.05) is 0 Å². The van der Waals surface area contributed by atoms with Gasteiger partial charge in [0.05, 0.1) is 0 Å². The Bertz CT molecular complexity index is 434. The van der Waals surface area contributed by atoms with E-state index in [0.29, 0.717) is 0 Å². The molecule has 0 aromatic carbocycles. The molecule has 0 radical (unpaired) electrons. The second-order valence-corrected chi connectivity index (χ2v) is 3.52. The average Bonchev–Trinajstić information content (AvgIpc) is 2.24. The third-order valence-corrected chi connectivity index (χ3v) is 2.00. The molecule has 124 valence electrons. The van der Waals surface area contributed by atoms with Crippen LogP contribution < -0.4 is 0 Å². The maximum absolute atomic E-state index is 12.7. The largest absolute Gasteiger partial charge is 0.478 e. The molecule has 0 aromatic rings. The fraction of sp³-hybridized carbons (Fsp3) is 0.625. The molecule has 0 rings (SSSR count). The number of hydrogen-bond donors (Lipinski definition) is 1. The summed E-state index contributed by atoms with van der Waals surface area (Å²) in [7, 11) is 0. The second-order valence-electron chi connectivity index (χ2n) is 3.52. The molecule has 1 N–H and O–H groups in total. The summed E-state index contributed by atoms with van der Waals surface area (Å²) in [5, 5.41) is 7.85. The summed E-state index contributed by atoms with van der Waals surface area (Å²) in [5.74, 6) is -30.9. The lowest BCUT2D eigenvalue weighted by Gasteiger charge is -2.36. The molecule has 0 amide bonds. The smallest absolute Gasteiger partial charge is 0.460 e. The lowest BCUT2D eigenvalue weighted by Crippen LogP contribution is -2.66. The molecule has 0 unspecified atom stereocenters. The van der Waals surface area contributed by atoms with Gasteiger partial charge in [0.15, 0.2) is 0 Å². The summed E-state index contributed by atoms with van der Waals surface area (Å²) >= 11 is 0. The topological polar surface area (TPSA) is 37.3 Å². The van der Waals surface area contributed by atoms with Crippen LogP contribution in [0.15, 0.2) is 12.2 Å². The molecule has 0 aliphatic heterocycles. The molecular weight excluding hydrogens is 337 g/mol. The van der Waals surface area contributed by atoms with Gasteiger partial charge in [0.2, 0.25) is 0 Å². The standard InChI is InChI=1S/C8H3F11O2/c9-4(10,2-1-3(20)21)5(11,12)6(13,14)7(15,16)8(17,18)19/h1-2H,(H,20,21)/b2-1+. The van der Waals surface area contributed by atoms with E-state index in [1.165, 1.54) is 0 Å². The molecule has 0 aromatic heterocycles. The molecule has 0 bridgehead atoms. The molecule has 0 spiro atoms. The van der Waals surface area contributed by atoms with Crippen molar-refractivity contribution in [3.05, 3.63) is 12.2 Å². The van der Waals surface area contributed by atoms with Crippen LogP contribution in [0.2, 0.25) is 0 Å². The molecule has 21 heavy (non-hydrogen) atoms. The van der Waals surface area contributed by atoms with Gasteiger partial charge >= 0.3 is 35.8 Å². The molecule has 13 heteroatoms. The fourth-order valence-electron chi connectivity index (χ4n) is 0.865. The number of halogens is 11. The van der Waals surface area contributed by atoms with Crippen LogP contribution in [0.1, 0.15) is 0 Å². The zero-order valence-corrected chi connectivity index (χ0v) is 9.17. The molecule has 0 atom stereocenters. The third kappa shape index (κ3) is 3.05. The van der Waals surface area contributed by atoms with E-state index < -0.39 is 48.0 Å². The van der Waals surface area contributed by atoms with Crippen LogP contribution in [-0.4, -0.2) is 40.9 Å². The molecule has 0 saturated carbocycles. The van der Waals surface area contributed by atoms with E-state index in [0.717, 1.165) is 0 Å². The van der Waals surface area contributed by atoms with Gasteiger partial charge in [0, 0.05) is 6.08 Å². The number of hydrogen-bond acceptors (Lipinski definition) is 1. The van der Waals surface area contributed by atoms with Gasteiger partial charge in [-0.3, -0.25) is 0 Å². The molecular formula is C8H3F11O2. The lowest BCUT2D eigenvalue weighted by atomic mass is 9.98. The first-order chi connectivity index (χ1) is 8.92. The Kier molecular flexibility index (Phi) is 4.64. The molecule has 2 nitrogen and oxygen atoms in total. The van der Waals surface area contributed by atoms with Gasteiger partial charge in [0.25, 0.3) is 0 Å². The number of carboxylic acids is 1. The Morgan fingerprint density at radius 2 is 1.10 bits per heavy atom. The molecule has 0 fully saturated rings. The maximum Gasteiger partial charge on any atom is 0.460 e. The number of allylic oxidation sites excluding steroid dienone is 1. The van der Waals surface area contributed by atoms with Gasteiger partial charge in [-0.1, -0.05) is 0 Å². The van der Waals surface area contributed by atoms with E-state index in [-0.39, 0.29) is 0 Å². The Hall–Kier alpha value is -1.56. The van der Waals surface area contributed by atoms with Crippen LogP contribution in [-0.2, 0) is 4.79 Å². The predicted molar refractivity (Wildman–Crippen MR) is 42.6 cm³/mol. The zero-order chi connectivity index (χ0) is 17.5. The summed E-state index contributed by atoms with van der Waals surface area (Å²) in [4.78, 5) is 9.80.